The van der Waals surface area contributed by atoms with Crippen molar-refractivity contribution in [2.24, 2.45) is 22.2 Å². The van der Waals surface area contributed by atoms with Crippen molar-refractivity contribution in [1.82, 2.24) is 0 Å². The molecule has 1 heteroatoms. The highest BCUT2D eigenvalue weighted by atomic mass is 16.5. The molecule has 0 unspecified atom stereocenters. The van der Waals surface area contributed by atoms with E-state index < -0.39 is 0 Å². The molecule has 0 aromatic heterocycles. The molecule has 0 aliphatic heterocycles. The van der Waals surface area contributed by atoms with Gasteiger partial charge in [0.15, 0.2) is 0 Å². The molecule has 2 aliphatic carbocycles. The van der Waals surface area contributed by atoms with Crippen LogP contribution in [0.3, 0.4) is 0 Å². The van der Waals surface area contributed by atoms with Crippen LogP contribution in [0.4, 0.5) is 0 Å². The molecule has 0 saturated heterocycles. The van der Waals surface area contributed by atoms with Crippen LogP contribution in [0.1, 0.15) is 67.2 Å². The molecule has 1 spiro atoms. The van der Waals surface area contributed by atoms with Crippen LogP contribution in [0.2, 0.25) is 0 Å². The summed E-state index contributed by atoms with van der Waals surface area (Å²) in [4.78, 5) is 0. The van der Waals surface area contributed by atoms with Crippen LogP contribution in [0.5, 0.6) is 0 Å². The second-order valence-electron chi connectivity index (χ2n) is 8.87. The lowest BCUT2D eigenvalue weighted by Crippen LogP contribution is -2.54. The molecule has 2 fully saturated rings. The second kappa shape index (κ2) is 3.98. The fourth-order valence-corrected chi connectivity index (χ4v) is 3.32. The van der Waals surface area contributed by atoms with E-state index in [0.717, 1.165) is 12.5 Å². The Morgan fingerprint density at radius 1 is 0.941 bits per heavy atom. The van der Waals surface area contributed by atoms with Crippen molar-refractivity contribution in [3.05, 3.63) is 0 Å². The van der Waals surface area contributed by atoms with E-state index in [-0.39, 0.29) is 0 Å². The molecule has 0 aromatic rings. The Kier molecular flexibility index (Phi) is 3.14. The average Bonchev–Trinajstić information content (AvgIpc) is 1.92. The average molecular weight is 238 g/mol. The topological polar surface area (TPSA) is 9.23 Å². The fourth-order valence-electron chi connectivity index (χ4n) is 3.32. The van der Waals surface area contributed by atoms with E-state index in [1.807, 2.05) is 0 Å². The van der Waals surface area contributed by atoms with E-state index in [1.54, 1.807) is 0 Å². The number of ether oxygens (including phenoxy) is 1. The monoisotopic (exact) mass is 238 g/mol. The maximum absolute atomic E-state index is 5.99. The molecule has 1 nitrogen and oxygen atoms in total. The molecule has 0 atom stereocenters. The van der Waals surface area contributed by atoms with Gasteiger partial charge < -0.3 is 4.74 Å². The van der Waals surface area contributed by atoms with Crippen LogP contribution in [0.25, 0.3) is 0 Å². The largest absolute Gasteiger partial charge is 0.378 e. The van der Waals surface area contributed by atoms with Gasteiger partial charge in [-0.25, -0.2) is 0 Å². The van der Waals surface area contributed by atoms with Crippen LogP contribution in [0.15, 0.2) is 0 Å². The van der Waals surface area contributed by atoms with Crippen molar-refractivity contribution >= 4 is 0 Å². The predicted molar refractivity (Wildman–Crippen MR) is 73.0 cm³/mol. The molecule has 0 N–H and O–H groups in total. The molecule has 0 amide bonds. The van der Waals surface area contributed by atoms with Crippen LogP contribution >= 0.6 is 0 Å². The maximum Gasteiger partial charge on any atom is 0.0586 e. The molecule has 0 radical (unpaired) electrons. The normalized spacial score (nSPS) is 37.8. The minimum absolute atomic E-state index is 0.316. The van der Waals surface area contributed by atoms with Gasteiger partial charge in [-0.2, -0.15) is 0 Å². The number of rotatable bonds is 2. The molecular formula is C16H30O. The maximum atomic E-state index is 5.99. The Hall–Kier alpha value is -0.0400. The zero-order valence-corrected chi connectivity index (χ0v) is 12.6. The Balaban J connectivity index is 1.68. The van der Waals surface area contributed by atoms with Gasteiger partial charge in [0.05, 0.1) is 12.7 Å². The number of hydrogen-bond donors (Lipinski definition) is 0. The molecule has 0 aromatic carbocycles. The van der Waals surface area contributed by atoms with Gasteiger partial charge >= 0.3 is 0 Å². The number of hydrogen-bond acceptors (Lipinski definition) is 1. The Morgan fingerprint density at radius 2 is 1.47 bits per heavy atom. The Morgan fingerprint density at radius 3 is 1.88 bits per heavy atom. The van der Waals surface area contributed by atoms with Crippen molar-refractivity contribution in [1.29, 1.82) is 0 Å². The van der Waals surface area contributed by atoms with E-state index in [0.29, 0.717) is 22.3 Å². The minimum atomic E-state index is 0.316. The first kappa shape index (κ1) is 13.4. The van der Waals surface area contributed by atoms with E-state index in [2.05, 4.69) is 41.5 Å². The van der Waals surface area contributed by atoms with E-state index >= 15 is 0 Å². The van der Waals surface area contributed by atoms with Gasteiger partial charge in [0, 0.05) is 0 Å². The van der Waals surface area contributed by atoms with Gasteiger partial charge in [0.2, 0.25) is 0 Å². The van der Waals surface area contributed by atoms with E-state index in [9.17, 15) is 0 Å². The summed E-state index contributed by atoms with van der Waals surface area (Å²) in [6.45, 7) is 14.8. The first-order chi connectivity index (χ1) is 7.60. The van der Waals surface area contributed by atoms with Crippen molar-refractivity contribution in [2.45, 2.75) is 73.3 Å². The molecular weight excluding hydrogens is 208 g/mol. The standard InChI is InChI=1S/C16H30O/c1-14(2,3)11-17-13-9-16(10-13)7-12(8-16)15(4,5)6/h12-13H,7-11H2,1-6H3. The third-order valence-corrected chi connectivity index (χ3v) is 4.66. The van der Waals surface area contributed by atoms with Gasteiger partial charge in [-0.1, -0.05) is 41.5 Å². The summed E-state index contributed by atoms with van der Waals surface area (Å²) in [5.74, 6) is 0.950. The zero-order chi connectivity index (χ0) is 12.9. The Bertz CT molecular complexity index is 265. The van der Waals surface area contributed by atoms with Crippen molar-refractivity contribution in [3.63, 3.8) is 0 Å². The highest BCUT2D eigenvalue weighted by Gasteiger charge is 2.55. The predicted octanol–water partition coefficient (Wildman–Crippen LogP) is 4.65. The van der Waals surface area contributed by atoms with Gasteiger partial charge in [-0.05, 0) is 47.8 Å². The molecule has 100 valence electrons. The van der Waals surface area contributed by atoms with Crippen molar-refractivity contribution < 1.29 is 4.74 Å². The smallest absolute Gasteiger partial charge is 0.0586 e. The highest BCUT2D eigenvalue weighted by molar-refractivity contribution is 5.06. The van der Waals surface area contributed by atoms with Gasteiger partial charge in [0.25, 0.3) is 0 Å². The molecule has 0 heterocycles. The molecule has 17 heavy (non-hydrogen) atoms. The summed E-state index contributed by atoms with van der Waals surface area (Å²) in [6.07, 6.45) is 6.12. The molecule has 2 aliphatic rings. The third kappa shape index (κ3) is 3.05. The zero-order valence-electron chi connectivity index (χ0n) is 12.6. The third-order valence-electron chi connectivity index (χ3n) is 4.66. The summed E-state index contributed by atoms with van der Waals surface area (Å²) in [5, 5.41) is 0. The molecule has 2 saturated carbocycles. The highest BCUT2D eigenvalue weighted by Crippen LogP contribution is 2.63. The lowest BCUT2D eigenvalue weighted by atomic mass is 9.46. The lowest BCUT2D eigenvalue weighted by Gasteiger charge is -2.60. The van der Waals surface area contributed by atoms with E-state index in [1.165, 1.54) is 25.7 Å². The fraction of sp³-hybridized carbons (Fsp3) is 1.00. The van der Waals surface area contributed by atoms with Gasteiger partial charge in [-0.3, -0.25) is 0 Å². The van der Waals surface area contributed by atoms with Gasteiger partial charge in [-0.15, -0.1) is 0 Å². The van der Waals surface area contributed by atoms with Crippen LogP contribution in [-0.2, 0) is 4.74 Å². The first-order valence-corrected chi connectivity index (χ1v) is 7.21. The van der Waals surface area contributed by atoms with Crippen molar-refractivity contribution in [2.75, 3.05) is 6.61 Å². The van der Waals surface area contributed by atoms with E-state index in [4.69, 9.17) is 4.74 Å². The van der Waals surface area contributed by atoms with Crippen LogP contribution < -0.4 is 0 Å². The summed E-state index contributed by atoms with van der Waals surface area (Å²) in [6, 6.07) is 0. The summed E-state index contributed by atoms with van der Waals surface area (Å²) >= 11 is 0. The first-order valence-electron chi connectivity index (χ1n) is 7.21. The van der Waals surface area contributed by atoms with Gasteiger partial charge in [0.1, 0.15) is 0 Å². The van der Waals surface area contributed by atoms with Crippen molar-refractivity contribution in [3.8, 4) is 0 Å². The molecule has 2 rings (SSSR count). The summed E-state index contributed by atoms with van der Waals surface area (Å²) in [7, 11) is 0. The SMILES string of the molecule is CC(C)(C)COC1CC2(C1)CC(C(C)(C)C)C2. The summed E-state index contributed by atoms with van der Waals surface area (Å²) < 4.78 is 5.99. The Labute approximate surface area is 107 Å². The minimum Gasteiger partial charge on any atom is -0.378 e. The van der Waals surface area contributed by atoms with Crippen LogP contribution in [0, 0.1) is 22.2 Å². The quantitative estimate of drug-likeness (QED) is 0.680. The second-order valence-corrected chi connectivity index (χ2v) is 8.87. The molecule has 0 bridgehead atoms. The van der Waals surface area contributed by atoms with Crippen LogP contribution in [-0.4, -0.2) is 12.7 Å². The lowest BCUT2D eigenvalue weighted by molar-refractivity contribution is -0.164. The summed E-state index contributed by atoms with van der Waals surface area (Å²) in [5.41, 5.74) is 1.53.